The summed E-state index contributed by atoms with van der Waals surface area (Å²) < 4.78 is 0. The van der Waals surface area contributed by atoms with Crippen LogP contribution in [0.3, 0.4) is 0 Å². The van der Waals surface area contributed by atoms with Gasteiger partial charge >= 0.3 is 0 Å². The van der Waals surface area contributed by atoms with E-state index in [4.69, 9.17) is 0 Å². The molecule has 0 aliphatic rings. The molecule has 0 spiro atoms. The van der Waals surface area contributed by atoms with E-state index in [0.29, 0.717) is 0 Å². The van der Waals surface area contributed by atoms with Gasteiger partial charge in [0.1, 0.15) is 0 Å². The Morgan fingerprint density at radius 3 is 2.40 bits per heavy atom. The summed E-state index contributed by atoms with van der Waals surface area (Å²) in [6, 6.07) is 0. The van der Waals surface area contributed by atoms with Crippen molar-refractivity contribution < 1.29 is 0 Å². The molecule has 0 bridgehead atoms. The van der Waals surface area contributed by atoms with Crippen LogP contribution in [0.1, 0.15) is 0 Å². The summed E-state index contributed by atoms with van der Waals surface area (Å²) in [4.78, 5) is 5.79. The van der Waals surface area contributed by atoms with Crippen LogP contribution in [0, 0.1) is 0 Å². The van der Waals surface area contributed by atoms with E-state index in [1.54, 1.807) is 18.7 Å². The predicted molar refractivity (Wildman–Crippen MR) is 47.6 cm³/mol. The van der Waals surface area contributed by atoms with Crippen LogP contribution in [0.5, 0.6) is 0 Å². The fourth-order valence-electron chi connectivity index (χ4n) is 0.289. The summed E-state index contributed by atoms with van der Waals surface area (Å²) in [5.74, 6) is 0. The first-order valence-corrected chi connectivity index (χ1v) is 2.79. The van der Waals surface area contributed by atoms with E-state index in [2.05, 4.69) is 10.3 Å². The molecule has 10 heavy (non-hydrogen) atoms. The van der Waals surface area contributed by atoms with Crippen LogP contribution in [0.15, 0.2) is 17.4 Å². The summed E-state index contributed by atoms with van der Waals surface area (Å²) >= 11 is 0. The van der Waals surface area contributed by atoms with Gasteiger partial charge in [0.2, 0.25) is 0 Å². The maximum absolute atomic E-state index is 3.92. The Balaban J connectivity index is 0. The average molecular weight is 164 g/mol. The molecule has 0 aliphatic heterocycles. The lowest BCUT2D eigenvalue weighted by Crippen LogP contribution is -2.06. The van der Waals surface area contributed by atoms with Crippen molar-refractivity contribution in [3.63, 3.8) is 0 Å². The van der Waals surface area contributed by atoms with E-state index in [0.717, 1.165) is 0 Å². The first kappa shape index (κ1) is 12.0. The van der Waals surface area contributed by atoms with Crippen molar-refractivity contribution in [1.82, 2.24) is 10.2 Å². The molecule has 0 aromatic carbocycles. The highest BCUT2D eigenvalue weighted by Crippen LogP contribution is 1.70. The predicted octanol–water partition coefficient (Wildman–Crippen LogP) is 0.689. The number of hydrogen-bond donors (Lipinski definition) is 1. The van der Waals surface area contributed by atoms with E-state index in [1.807, 2.05) is 26.0 Å². The highest BCUT2D eigenvalue weighted by Gasteiger charge is 1.70. The fraction of sp³-hybridized carbons (Fsp3) is 0.500. The highest BCUT2D eigenvalue weighted by molar-refractivity contribution is 5.85. The van der Waals surface area contributed by atoms with Crippen molar-refractivity contribution in [2.24, 2.45) is 4.99 Å². The lowest BCUT2D eigenvalue weighted by Gasteiger charge is -1.99. The fourth-order valence-corrected chi connectivity index (χ4v) is 0.289. The van der Waals surface area contributed by atoms with Gasteiger partial charge in [-0.05, 0) is 0 Å². The smallest absolute Gasteiger partial charge is 0.0900 e. The Hall–Kier alpha value is -0.700. The van der Waals surface area contributed by atoms with Crippen LogP contribution >= 0.6 is 12.4 Å². The number of hydrogen-bond acceptors (Lipinski definition) is 2. The molecule has 0 heterocycles. The summed E-state index contributed by atoms with van der Waals surface area (Å²) in [7, 11) is 5.69. The summed E-state index contributed by atoms with van der Waals surface area (Å²) in [6.45, 7) is 0. The van der Waals surface area contributed by atoms with Crippen LogP contribution < -0.4 is 5.32 Å². The molecular weight excluding hydrogens is 150 g/mol. The Morgan fingerprint density at radius 2 is 2.00 bits per heavy atom. The molecule has 0 unspecified atom stereocenters. The third kappa shape index (κ3) is 10.3. The molecule has 60 valence electrons. The van der Waals surface area contributed by atoms with E-state index in [-0.39, 0.29) is 12.4 Å². The van der Waals surface area contributed by atoms with Crippen molar-refractivity contribution in [2.75, 3.05) is 21.1 Å². The average Bonchev–Trinajstić information content (AvgIpc) is 1.80. The second-order valence-corrected chi connectivity index (χ2v) is 1.83. The van der Waals surface area contributed by atoms with Gasteiger partial charge in [0.25, 0.3) is 0 Å². The lowest BCUT2D eigenvalue weighted by atomic mass is 10.8. The molecule has 0 aliphatic carbocycles. The molecule has 0 saturated heterocycles. The maximum atomic E-state index is 3.92. The Morgan fingerprint density at radius 1 is 1.40 bits per heavy atom. The molecule has 0 aromatic heterocycles. The minimum absolute atomic E-state index is 0. The maximum Gasteiger partial charge on any atom is 0.0900 e. The van der Waals surface area contributed by atoms with Gasteiger partial charge in [-0.3, -0.25) is 0 Å². The minimum atomic E-state index is 0. The van der Waals surface area contributed by atoms with Crippen LogP contribution in [-0.2, 0) is 0 Å². The van der Waals surface area contributed by atoms with Crippen molar-refractivity contribution in [2.45, 2.75) is 0 Å². The van der Waals surface area contributed by atoms with Gasteiger partial charge in [0.15, 0.2) is 0 Å². The largest absolute Gasteiger partial charge is 0.393 e. The molecule has 0 aromatic rings. The number of rotatable bonds is 3. The molecule has 0 rings (SSSR count). The van der Waals surface area contributed by atoms with Gasteiger partial charge in [-0.15, -0.1) is 12.4 Å². The van der Waals surface area contributed by atoms with E-state index in [9.17, 15) is 0 Å². The third-order valence-corrected chi connectivity index (χ3v) is 0.625. The van der Waals surface area contributed by atoms with E-state index in [1.165, 1.54) is 0 Å². The zero-order valence-corrected chi connectivity index (χ0v) is 7.35. The second kappa shape index (κ2) is 8.30. The van der Waals surface area contributed by atoms with E-state index < -0.39 is 0 Å². The Kier molecular flexibility index (Phi) is 9.98. The molecule has 0 fully saturated rings. The first-order valence-electron chi connectivity index (χ1n) is 2.79. The molecule has 1 N–H and O–H groups in total. The zero-order valence-electron chi connectivity index (χ0n) is 6.53. The first-order chi connectivity index (χ1) is 4.27. The number of nitrogens with one attached hydrogen (secondary N) is 1. The number of aliphatic imine (C=N–C) groups is 1. The van der Waals surface area contributed by atoms with Crippen molar-refractivity contribution in [3.05, 3.63) is 12.4 Å². The minimum Gasteiger partial charge on any atom is -0.393 e. The number of halogens is 1. The monoisotopic (exact) mass is 163 g/mol. The molecule has 4 heteroatoms. The Bertz CT molecular complexity index is 110. The van der Waals surface area contributed by atoms with Crippen LogP contribution in [0.25, 0.3) is 0 Å². The molecule has 0 radical (unpaired) electrons. The topological polar surface area (TPSA) is 27.6 Å². The molecule has 0 atom stereocenters. The molecule has 0 amide bonds. The summed E-state index contributed by atoms with van der Waals surface area (Å²) in [5.41, 5.74) is 0. The van der Waals surface area contributed by atoms with E-state index >= 15 is 0 Å². The van der Waals surface area contributed by atoms with Crippen molar-refractivity contribution in [1.29, 1.82) is 0 Å². The quantitative estimate of drug-likeness (QED) is 0.490. The van der Waals surface area contributed by atoms with Gasteiger partial charge in [-0.1, -0.05) is 0 Å². The standard InChI is InChI=1S/C6H13N3.ClH/c1-7-4-5-8-6-9(2)3;/h4-7H,1-3H3;1H/b5-4+,8-6+;. The highest BCUT2D eigenvalue weighted by atomic mass is 35.5. The third-order valence-electron chi connectivity index (χ3n) is 0.625. The van der Waals surface area contributed by atoms with Gasteiger partial charge in [0.05, 0.1) is 6.34 Å². The van der Waals surface area contributed by atoms with Gasteiger partial charge in [-0.25, -0.2) is 4.99 Å². The summed E-state index contributed by atoms with van der Waals surface area (Å²) in [6.07, 6.45) is 5.19. The zero-order chi connectivity index (χ0) is 7.11. The van der Waals surface area contributed by atoms with Crippen LogP contribution in [0.4, 0.5) is 0 Å². The normalized spacial score (nSPS) is 9.90. The van der Waals surface area contributed by atoms with Crippen LogP contribution in [-0.4, -0.2) is 32.4 Å². The van der Waals surface area contributed by atoms with Crippen LogP contribution in [0.2, 0.25) is 0 Å². The lowest BCUT2D eigenvalue weighted by molar-refractivity contribution is 0.643. The van der Waals surface area contributed by atoms with Crippen molar-refractivity contribution in [3.8, 4) is 0 Å². The van der Waals surface area contributed by atoms with Gasteiger partial charge in [0, 0.05) is 33.5 Å². The molecular formula is C6H14ClN3. The Labute approximate surface area is 68.2 Å². The SMILES string of the molecule is CN/C=C/N=C/N(C)C.Cl. The molecule has 0 saturated carbocycles. The number of nitrogens with zero attached hydrogens (tertiary/aromatic N) is 2. The second-order valence-electron chi connectivity index (χ2n) is 1.83. The van der Waals surface area contributed by atoms with Gasteiger partial charge in [-0.2, -0.15) is 0 Å². The van der Waals surface area contributed by atoms with Crippen molar-refractivity contribution >= 4 is 18.7 Å². The van der Waals surface area contributed by atoms with Gasteiger partial charge < -0.3 is 10.2 Å². The molecule has 3 nitrogen and oxygen atoms in total. The summed E-state index contributed by atoms with van der Waals surface area (Å²) in [5, 5.41) is 2.83.